The second-order valence-electron chi connectivity index (χ2n) is 5.36. The van der Waals surface area contributed by atoms with E-state index < -0.39 is 27.8 Å². The Hall–Kier alpha value is -3.28. The highest BCUT2D eigenvalue weighted by Gasteiger charge is 2.23. The van der Waals surface area contributed by atoms with E-state index in [2.05, 4.69) is 15.0 Å². The van der Waals surface area contributed by atoms with E-state index in [9.17, 15) is 18.0 Å². The molecular weight excluding hydrogens is 378 g/mol. The average molecular weight is 395 g/mol. The highest BCUT2D eigenvalue weighted by Crippen LogP contribution is 2.14. The molecule has 12 heteroatoms. The summed E-state index contributed by atoms with van der Waals surface area (Å²) in [5, 5.41) is 9.13. The number of methoxy groups -OCH3 is 1. The van der Waals surface area contributed by atoms with Gasteiger partial charge in [-0.3, -0.25) is 4.90 Å². The second kappa shape index (κ2) is 7.95. The first-order valence-corrected chi connectivity index (χ1v) is 9.14. The monoisotopic (exact) mass is 395 g/mol. The molecule has 0 atom stereocenters. The minimum Gasteiger partial charge on any atom is -0.478 e. The van der Waals surface area contributed by atoms with Gasteiger partial charge in [0.2, 0.25) is 16.0 Å². The molecule has 0 aliphatic heterocycles. The van der Waals surface area contributed by atoms with Crippen molar-refractivity contribution >= 4 is 28.0 Å². The first kappa shape index (κ1) is 20.0. The first-order chi connectivity index (χ1) is 12.6. The number of hydrogen-bond donors (Lipinski definition) is 2. The summed E-state index contributed by atoms with van der Waals surface area (Å²) in [4.78, 5) is 36.0. The number of aryl methyl sites for hydroxylation is 1. The number of carbonyl (C=O) groups is 2. The molecule has 2 rings (SSSR count). The number of rotatable bonds is 6. The predicted octanol–water partition coefficient (Wildman–Crippen LogP) is 0.563. The van der Waals surface area contributed by atoms with Gasteiger partial charge in [-0.2, -0.15) is 15.0 Å². The Balaban J connectivity index is 2.19. The van der Waals surface area contributed by atoms with Crippen molar-refractivity contribution in [1.29, 1.82) is 0 Å². The van der Waals surface area contributed by atoms with Crippen LogP contribution >= 0.6 is 0 Å². The van der Waals surface area contributed by atoms with E-state index in [0.29, 0.717) is 0 Å². The van der Waals surface area contributed by atoms with Crippen molar-refractivity contribution < 1.29 is 27.9 Å². The number of nitrogens with one attached hydrogen (secondary N) is 1. The molecule has 0 saturated carbocycles. The maximum atomic E-state index is 12.3. The fourth-order valence-electron chi connectivity index (χ4n) is 2.07. The lowest BCUT2D eigenvalue weighted by atomic mass is 10.1. The number of nitrogens with zero attached hydrogens (tertiary/aromatic N) is 4. The summed E-state index contributed by atoms with van der Waals surface area (Å²) in [6.45, 7) is 1.55. The number of benzene rings is 1. The van der Waals surface area contributed by atoms with Crippen LogP contribution in [0, 0.1) is 6.92 Å². The van der Waals surface area contributed by atoms with Gasteiger partial charge in [-0.25, -0.2) is 22.7 Å². The van der Waals surface area contributed by atoms with Crippen molar-refractivity contribution in [2.45, 2.75) is 12.7 Å². The number of anilines is 1. The molecule has 1 aromatic carbocycles. The summed E-state index contributed by atoms with van der Waals surface area (Å²) in [6.07, 6.45) is 0. The zero-order chi connectivity index (χ0) is 20.2. The smallest absolute Gasteiger partial charge is 0.337 e. The van der Waals surface area contributed by atoms with Crippen LogP contribution < -0.4 is 14.4 Å². The maximum absolute atomic E-state index is 12.3. The zero-order valence-electron chi connectivity index (χ0n) is 14.7. The van der Waals surface area contributed by atoms with E-state index in [-0.39, 0.29) is 28.9 Å². The van der Waals surface area contributed by atoms with Crippen molar-refractivity contribution in [3.05, 3.63) is 41.2 Å². The Morgan fingerprint density at radius 3 is 2.52 bits per heavy atom. The Labute approximate surface area is 155 Å². The first-order valence-electron chi connectivity index (χ1n) is 7.49. The van der Waals surface area contributed by atoms with Crippen molar-refractivity contribution in [2.75, 3.05) is 19.1 Å². The lowest BCUT2D eigenvalue weighted by molar-refractivity contribution is 0.0696. The molecule has 11 nitrogen and oxygen atoms in total. The highest BCUT2D eigenvalue weighted by atomic mass is 32.2. The third-order valence-electron chi connectivity index (χ3n) is 3.34. The Bertz CT molecular complexity index is 978. The number of aromatic carboxylic acids is 1. The molecule has 0 unspecified atom stereocenters. The van der Waals surface area contributed by atoms with Gasteiger partial charge in [0.05, 0.1) is 18.4 Å². The minimum atomic E-state index is -4.18. The van der Waals surface area contributed by atoms with E-state index in [0.717, 1.165) is 4.90 Å². The van der Waals surface area contributed by atoms with Gasteiger partial charge in [0.25, 0.3) is 0 Å². The fraction of sp³-hybridized carbons (Fsp3) is 0.267. The molecule has 144 valence electrons. The number of urea groups is 1. The van der Waals surface area contributed by atoms with Crippen LogP contribution in [0.2, 0.25) is 0 Å². The van der Waals surface area contributed by atoms with Gasteiger partial charge in [0, 0.05) is 7.05 Å². The fourth-order valence-corrected chi connectivity index (χ4v) is 3.21. The van der Waals surface area contributed by atoms with Crippen LogP contribution in [0.1, 0.15) is 21.7 Å². The quantitative estimate of drug-likeness (QED) is 0.714. The van der Waals surface area contributed by atoms with Crippen LogP contribution in [0.15, 0.2) is 24.3 Å². The van der Waals surface area contributed by atoms with Crippen molar-refractivity contribution in [3.8, 4) is 6.01 Å². The normalized spacial score (nSPS) is 10.9. The summed E-state index contributed by atoms with van der Waals surface area (Å²) < 4.78 is 31.3. The molecule has 1 aromatic heterocycles. The van der Waals surface area contributed by atoms with Crippen LogP contribution in [0.5, 0.6) is 6.01 Å². The number of hydrogen-bond acceptors (Lipinski definition) is 8. The number of carbonyl (C=O) groups excluding carboxylic acids is 1. The summed E-state index contributed by atoms with van der Waals surface area (Å²) >= 11 is 0. The third kappa shape index (κ3) is 5.10. The highest BCUT2D eigenvalue weighted by molar-refractivity contribution is 7.89. The number of amides is 2. The molecular formula is C15H17N5O6S. The van der Waals surface area contributed by atoms with Crippen LogP contribution in [0.25, 0.3) is 0 Å². The van der Waals surface area contributed by atoms with Gasteiger partial charge in [0.15, 0.2) is 0 Å². The lowest BCUT2D eigenvalue weighted by Gasteiger charge is -2.17. The number of ether oxygens (including phenoxy) is 1. The lowest BCUT2D eigenvalue weighted by Crippen LogP contribution is -2.42. The van der Waals surface area contributed by atoms with Crippen molar-refractivity contribution in [3.63, 3.8) is 0 Å². The largest absolute Gasteiger partial charge is 0.478 e. The van der Waals surface area contributed by atoms with E-state index >= 15 is 0 Å². The number of sulfonamides is 1. The van der Waals surface area contributed by atoms with E-state index in [1.54, 1.807) is 6.92 Å². The average Bonchev–Trinajstić information content (AvgIpc) is 2.59. The molecule has 27 heavy (non-hydrogen) atoms. The van der Waals surface area contributed by atoms with Crippen molar-refractivity contribution in [2.24, 2.45) is 0 Å². The zero-order valence-corrected chi connectivity index (χ0v) is 15.5. The van der Waals surface area contributed by atoms with Gasteiger partial charge in [-0.05, 0) is 18.6 Å². The van der Waals surface area contributed by atoms with Gasteiger partial charge in [-0.1, -0.05) is 18.2 Å². The molecule has 0 aliphatic rings. The molecule has 0 spiro atoms. The molecule has 1 heterocycles. The summed E-state index contributed by atoms with van der Waals surface area (Å²) in [5.74, 6) is -1.79. The van der Waals surface area contributed by atoms with E-state index in [1.807, 2.05) is 4.72 Å². The Morgan fingerprint density at radius 1 is 1.22 bits per heavy atom. The SMILES string of the molecule is COc1nc(C)nc(N(C)C(=O)NS(=O)(=O)Cc2ccccc2C(=O)O)n1. The van der Waals surface area contributed by atoms with Crippen molar-refractivity contribution in [1.82, 2.24) is 19.7 Å². The maximum Gasteiger partial charge on any atom is 0.337 e. The molecule has 0 aliphatic carbocycles. The number of aromatic nitrogens is 3. The predicted molar refractivity (Wildman–Crippen MR) is 94.1 cm³/mol. The summed E-state index contributed by atoms with van der Waals surface area (Å²) in [6, 6.07) is 4.57. The van der Waals surface area contributed by atoms with Gasteiger partial charge in [-0.15, -0.1) is 0 Å². The van der Waals surface area contributed by atoms with E-state index in [4.69, 9.17) is 9.84 Å². The molecule has 0 bridgehead atoms. The van der Waals surface area contributed by atoms with Crippen LogP contribution in [0.4, 0.5) is 10.7 Å². The molecule has 2 aromatic rings. The molecule has 0 radical (unpaired) electrons. The minimum absolute atomic E-state index is 0.0320. The molecule has 2 N–H and O–H groups in total. The van der Waals surface area contributed by atoms with Crippen LogP contribution in [0.3, 0.4) is 0 Å². The molecule has 2 amide bonds. The van der Waals surface area contributed by atoms with Gasteiger partial charge >= 0.3 is 18.0 Å². The van der Waals surface area contributed by atoms with Gasteiger partial charge in [0.1, 0.15) is 5.82 Å². The van der Waals surface area contributed by atoms with Crippen LogP contribution in [-0.4, -0.2) is 54.6 Å². The van der Waals surface area contributed by atoms with Gasteiger partial charge < -0.3 is 9.84 Å². The standard InChI is InChI=1S/C15H17N5O6S/c1-9-16-13(18-14(17-9)26-3)20(2)15(23)19-27(24,25)8-10-6-4-5-7-11(10)12(21)22/h4-7H,8H2,1-3H3,(H,19,23)(H,21,22). The van der Waals surface area contributed by atoms with Crippen LogP contribution in [-0.2, 0) is 15.8 Å². The molecule has 0 saturated heterocycles. The number of carboxylic acid groups (broad SMARTS) is 1. The summed E-state index contributed by atoms with van der Waals surface area (Å²) in [7, 11) is -1.57. The Kier molecular flexibility index (Phi) is 5.90. The number of carboxylic acids is 1. The second-order valence-corrected chi connectivity index (χ2v) is 7.08. The topological polar surface area (TPSA) is 152 Å². The summed E-state index contributed by atoms with van der Waals surface area (Å²) in [5.41, 5.74) is -0.118. The third-order valence-corrected chi connectivity index (χ3v) is 4.51. The molecule has 0 fully saturated rings. The van der Waals surface area contributed by atoms with E-state index in [1.165, 1.54) is 38.4 Å². The Morgan fingerprint density at radius 2 is 1.89 bits per heavy atom.